The Kier molecular flexibility index (Phi) is 3.24. The minimum Gasteiger partial charge on any atom is -0.383 e. The average Bonchev–Trinajstić information content (AvgIpc) is 2.09. The summed E-state index contributed by atoms with van der Waals surface area (Å²) in [5.74, 6) is -0.262. The Morgan fingerprint density at radius 2 is 2.14 bits per heavy atom. The number of benzene rings is 1. The van der Waals surface area contributed by atoms with Gasteiger partial charge >= 0.3 is 0 Å². The molecular weight excluding hydrogens is 183 g/mol. The van der Waals surface area contributed by atoms with Gasteiger partial charge in [0.2, 0.25) is 0 Å². The third-order valence-electron chi connectivity index (χ3n) is 2.21. The van der Waals surface area contributed by atoms with Gasteiger partial charge in [0.1, 0.15) is 11.4 Å². The van der Waals surface area contributed by atoms with E-state index < -0.39 is 5.60 Å². The molecule has 2 nitrogen and oxygen atoms in total. The molecule has 1 rings (SSSR count). The first-order valence-electron chi connectivity index (χ1n) is 4.45. The molecule has 1 aromatic rings. The Bertz CT molecular complexity index is 321. The second kappa shape index (κ2) is 4.07. The number of aryl methyl sites for hydroxylation is 1. The predicted octanol–water partition coefficient (Wildman–Crippen LogP) is 1.99. The highest BCUT2D eigenvalue weighted by Gasteiger charge is 2.23. The maximum atomic E-state index is 13.0. The highest BCUT2D eigenvalue weighted by Crippen LogP contribution is 2.22. The Labute approximate surface area is 83.3 Å². The Morgan fingerprint density at radius 3 is 2.64 bits per heavy atom. The summed E-state index contributed by atoms with van der Waals surface area (Å²) in [5, 5.41) is 9.95. The van der Waals surface area contributed by atoms with E-state index in [0.29, 0.717) is 11.1 Å². The fourth-order valence-electron chi connectivity index (χ4n) is 1.34. The van der Waals surface area contributed by atoms with Crippen molar-refractivity contribution in [2.75, 3.05) is 13.7 Å². The first-order valence-corrected chi connectivity index (χ1v) is 4.45. The van der Waals surface area contributed by atoms with E-state index in [1.54, 1.807) is 26.0 Å². The number of halogens is 1. The molecule has 0 aliphatic heterocycles. The minimum atomic E-state index is -1.06. The van der Waals surface area contributed by atoms with Gasteiger partial charge in [-0.3, -0.25) is 0 Å². The molecule has 0 spiro atoms. The summed E-state index contributed by atoms with van der Waals surface area (Å²) in [5.41, 5.74) is 0.129. The van der Waals surface area contributed by atoms with Gasteiger partial charge in [-0.2, -0.15) is 0 Å². The van der Waals surface area contributed by atoms with Gasteiger partial charge in [-0.25, -0.2) is 4.39 Å². The van der Waals surface area contributed by atoms with Crippen LogP contribution in [-0.4, -0.2) is 18.8 Å². The number of rotatable bonds is 3. The number of hydrogen-bond donors (Lipinski definition) is 1. The summed E-state index contributed by atoms with van der Waals surface area (Å²) in [4.78, 5) is 0. The highest BCUT2D eigenvalue weighted by atomic mass is 19.1. The second-order valence-corrected chi connectivity index (χ2v) is 3.67. The van der Waals surface area contributed by atoms with E-state index in [2.05, 4.69) is 0 Å². The van der Waals surface area contributed by atoms with Gasteiger partial charge in [0, 0.05) is 7.11 Å². The van der Waals surface area contributed by atoms with Gasteiger partial charge < -0.3 is 9.84 Å². The molecule has 0 saturated heterocycles. The summed E-state index contributed by atoms with van der Waals surface area (Å²) in [6.07, 6.45) is 0. The van der Waals surface area contributed by atoms with Crippen LogP contribution in [0, 0.1) is 12.7 Å². The van der Waals surface area contributed by atoms with Gasteiger partial charge in [0.25, 0.3) is 0 Å². The highest BCUT2D eigenvalue weighted by molar-refractivity contribution is 5.28. The molecule has 1 N–H and O–H groups in total. The molecule has 0 fully saturated rings. The lowest BCUT2D eigenvalue weighted by Crippen LogP contribution is -2.27. The third kappa shape index (κ3) is 2.30. The smallest absolute Gasteiger partial charge is 0.126 e. The molecule has 0 amide bonds. The van der Waals surface area contributed by atoms with E-state index in [9.17, 15) is 9.50 Å². The normalized spacial score (nSPS) is 15.2. The standard InChI is InChI=1S/C11H15FO2/c1-8-6-9(4-5-10(8)12)11(2,13)7-14-3/h4-6,13H,7H2,1-3H3. The number of hydrogen-bond acceptors (Lipinski definition) is 2. The second-order valence-electron chi connectivity index (χ2n) is 3.67. The Hall–Kier alpha value is -0.930. The van der Waals surface area contributed by atoms with E-state index in [-0.39, 0.29) is 12.4 Å². The Balaban J connectivity index is 3.01. The molecule has 0 heterocycles. The first-order chi connectivity index (χ1) is 6.47. The molecule has 3 heteroatoms. The molecule has 1 aromatic carbocycles. The van der Waals surface area contributed by atoms with E-state index in [1.807, 2.05) is 0 Å². The molecule has 14 heavy (non-hydrogen) atoms. The zero-order valence-corrected chi connectivity index (χ0v) is 8.67. The molecule has 1 unspecified atom stereocenters. The monoisotopic (exact) mass is 198 g/mol. The average molecular weight is 198 g/mol. The molecule has 78 valence electrons. The number of methoxy groups -OCH3 is 1. The van der Waals surface area contributed by atoms with E-state index in [4.69, 9.17) is 4.74 Å². The van der Waals surface area contributed by atoms with Crippen LogP contribution in [0.4, 0.5) is 4.39 Å². The summed E-state index contributed by atoms with van der Waals surface area (Å²) in [7, 11) is 1.52. The van der Waals surface area contributed by atoms with Gasteiger partial charge in [-0.1, -0.05) is 12.1 Å². The molecule has 0 bridgehead atoms. The Morgan fingerprint density at radius 1 is 1.50 bits per heavy atom. The lowest BCUT2D eigenvalue weighted by atomic mass is 9.95. The van der Waals surface area contributed by atoms with Gasteiger partial charge in [0.05, 0.1) is 6.61 Å². The lowest BCUT2D eigenvalue weighted by Gasteiger charge is -2.23. The van der Waals surface area contributed by atoms with Crippen LogP contribution in [-0.2, 0) is 10.3 Å². The summed E-state index contributed by atoms with van der Waals surface area (Å²) < 4.78 is 17.8. The van der Waals surface area contributed by atoms with Gasteiger partial charge in [-0.15, -0.1) is 0 Å². The maximum absolute atomic E-state index is 13.0. The summed E-state index contributed by atoms with van der Waals surface area (Å²) in [6, 6.07) is 4.56. The molecule has 0 aliphatic rings. The van der Waals surface area contributed by atoms with Crippen LogP contribution in [0.2, 0.25) is 0 Å². The van der Waals surface area contributed by atoms with Crippen molar-refractivity contribution in [2.24, 2.45) is 0 Å². The molecule has 0 radical (unpaired) electrons. The lowest BCUT2D eigenvalue weighted by molar-refractivity contribution is -0.0208. The summed E-state index contributed by atoms with van der Waals surface area (Å²) in [6.45, 7) is 3.50. The van der Waals surface area contributed by atoms with Crippen LogP contribution in [0.3, 0.4) is 0 Å². The van der Waals surface area contributed by atoms with Crippen LogP contribution < -0.4 is 0 Å². The van der Waals surface area contributed by atoms with Crippen molar-refractivity contribution in [3.05, 3.63) is 35.1 Å². The number of ether oxygens (including phenoxy) is 1. The molecule has 0 aromatic heterocycles. The van der Waals surface area contributed by atoms with Crippen LogP contribution in [0.25, 0.3) is 0 Å². The van der Waals surface area contributed by atoms with Crippen molar-refractivity contribution in [2.45, 2.75) is 19.4 Å². The van der Waals surface area contributed by atoms with E-state index in [1.165, 1.54) is 13.2 Å². The van der Waals surface area contributed by atoms with Crippen molar-refractivity contribution in [3.8, 4) is 0 Å². The van der Waals surface area contributed by atoms with Gasteiger partial charge in [0.15, 0.2) is 0 Å². The fraction of sp³-hybridized carbons (Fsp3) is 0.455. The maximum Gasteiger partial charge on any atom is 0.126 e. The quantitative estimate of drug-likeness (QED) is 0.804. The topological polar surface area (TPSA) is 29.5 Å². The third-order valence-corrected chi connectivity index (χ3v) is 2.21. The van der Waals surface area contributed by atoms with Crippen LogP contribution in [0.1, 0.15) is 18.1 Å². The first kappa shape index (κ1) is 11.1. The zero-order chi connectivity index (χ0) is 10.8. The summed E-state index contributed by atoms with van der Waals surface area (Å²) >= 11 is 0. The number of aliphatic hydroxyl groups is 1. The van der Waals surface area contributed by atoms with Crippen LogP contribution in [0.5, 0.6) is 0 Å². The van der Waals surface area contributed by atoms with Crippen LogP contribution >= 0.6 is 0 Å². The van der Waals surface area contributed by atoms with Crippen molar-refractivity contribution in [1.29, 1.82) is 0 Å². The van der Waals surface area contributed by atoms with Crippen molar-refractivity contribution < 1.29 is 14.2 Å². The van der Waals surface area contributed by atoms with E-state index in [0.717, 1.165) is 0 Å². The van der Waals surface area contributed by atoms with Crippen LogP contribution in [0.15, 0.2) is 18.2 Å². The van der Waals surface area contributed by atoms with Gasteiger partial charge in [-0.05, 0) is 31.0 Å². The molecule has 0 aliphatic carbocycles. The molecular formula is C11H15FO2. The fourth-order valence-corrected chi connectivity index (χ4v) is 1.34. The molecule has 1 atom stereocenters. The minimum absolute atomic E-state index is 0.193. The van der Waals surface area contributed by atoms with Crippen molar-refractivity contribution >= 4 is 0 Å². The van der Waals surface area contributed by atoms with Crippen molar-refractivity contribution in [3.63, 3.8) is 0 Å². The SMILES string of the molecule is COCC(C)(O)c1ccc(F)c(C)c1. The molecule has 0 saturated carbocycles. The predicted molar refractivity (Wildman–Crippen MR) is 52.6 cm³/mol. The largest absolute Gasteiger partial charge is 0.383 e. The van der Waals surface area contributed by atoms with E-state index >= 15 is 0 Å². The zero-order valence-electron chi connectivity index (χ0n) is 8.67. The van der Waals surface area contributed by atoms with Crippen molar-refractivity contribution in [1.82, 2.24) is 0 Å².